The lowest BCUT2D eigenvalue weighted by Crippen LogP contribution is -2.58. The molecule has 1 aromatic heterocycles. The number of aromatic amines is 1. The van der Waals surface area contributed by atoms with Crippen LogP contribution >= 0.6 is 24.4 Å². The number of carboxylic acids is 2. The summed E-state index contributed by atoms with van der Waals surface area (Å²) in [4.78, 5) is 64.6. The highest BCUT2D eigenvalue weighted by atomic mass is 32.2. The van der Waals surface area contributed by atoms with Crippen LogP contribution in [0, 0.1) is 0 Å². The molecule has 208 valence electrons. The molecule has 0 radical (unpaired) electrons. The summed E-state index contributed by atoms with van der Waals surface area (Å²) in [5.74, 6) is -4.22. The minimum atomic E-state index is -1.30. The van der Waals surface area contributed by atoms with E-state index >= 15 is 0 Å². The highest BCUT2D eigenvalue weighted by molar-refractivity contribution is 7.98. The monoisotopic (exact) mass is 567 g/mol. The van der Waals surface area contributed by atoms with Crippen molar-refractivity contribution in [3.8, 4) is 0 Å². The van der Waals surface area contributed by atoms with Crippen LogP contribution in [0.25, 0.3) is 10.9 Å². The number of aromatic nitrogens is 1. The molecule has 2 aromatic rings. The molecule has 0 saturated heterocycles. The van der Waals surface area contributed by atoms with Gasteiger partial charge in [0.2, 0.25) is 17.7 Å². The van der Waals surface area contributed by atoms with Crippen LogP contribution in [0.3, 0.4) is 0 Å². The number of aliphatic carboxylic acids is 2. The maximum Gasteiger partial charge on any atom is 0.327 e. The normalized spacial score (nSPS) is 14.2. The molecule has 2 rings (SSSR count). The second kappa shape index (κ2) is 15.2. The Morgan fingerprint density at radius 2 is 1.61 bits per heavy atom. The summed E-state index contributed by atoms with van der Waals surface area (Å²) >= 11 is 5.46. The molecular formula is C24H33N5O7S2. The molecule has 14 heteroatoms. The molecule has 4 unspecified atom stereocenters. The summed E-state index contributed by atoms with van der Waals surface area (Å²) in [5, 5.41) is 26.7. The Morgan fingerprint density at radius 1 is 0.974 bits per heavy atom. The number of carbonyl (C=O) groups is 5. The van der Waals surface area contributed by atoms with Crippen molar-refractivity contribution in [1.29, 1.82) is 0 Å². The summed E-state index contributed by atoms with van der Waals surface area (Å²) in [6, 6.07) is 2.59. The molecule has 0 fully saturated rings. The number of hydrogen-bond acceptors (Lipinski definition) is 8. The fourth-order valence-electron chi connectivity index (χ4n) is 3.65. The molecule has 0 bridgehead atoms. The van der Waals surface area contributed by atoms with Gasteiger partial charge in [0.25, 0.3) is 0 Å². The number of hydrogen-bond donors (Lipinski definition) is 8. The largest absolute Gasteiger partial charge is 0.481 e. The van der Waals surface area contributed by atoms with Gasteiger partial charge in [0.05, 0.1) is 6.04 Å². The predicted octanol–water partition coefficient (Wildman–Crippen LogP) is 0.124. The van der Waals surface area contributed by atoms with Gasteiger partial charge in [-0.2, -0.15) is 24.4 Å². The van der Waals surface area contributed by atoms with Gasteiger partial charge in [0.15, 0.2) is 0 Å². The number of nitrogens with two attached hydrogens (primary N) is 1. The number of nitrogens with one attached hydrogen (secondary N) is 4. The van der Waals surface area contributed by atoms with E-state index in [1.807, 2.05) is 30.5 Å². The van der Waals surface area contributed by atoms with Crippen LogP contribution in [0.5, 0.6) is 0 Å². The van der Waals surface area contributed by atoms with Crippen molar-refractivity contribution in [3.05, 3.63) is 36.0 Å². The second-order valence-electron chi connectivity index (χ2n) is 8.59. The van der Waals surface area contributed by atoms with Gasteiger partial charge < -0.3 is 36.9 Å². The third-order valence-corrected chi connectivity index (χ3v) is 6.79. The Bertz CT molecular complexity index is 1140. The van der Waals surface area contributed by atoms with E-state index in [1.165, 1.54) is 11.8 Å². The van der Waals surface area contributed by atoms with Crippen LogP contribution in [0.1, 0.15) is 24.8 Å². The van der Waals surface area contributed by atoms with Gasteiger partial charge in [-0.3, -0.25) is 19.2 Å². The molecule has 4 atom stereocenters. The van der Waals surface area contributed by atoms with E-state index in [-0.39, 0.29) is 18.6 Å². The van der Waals surface area contributed by atoms with Crippen LogP contribution in [0.4, 0.5) is 0 Å². The number of fused-ring (bicyclic) bond motifs is 1. The van der Waals surface area contributed by atoms with Crippen molar-refractivity contribution < 1.29 is 34.2 Å². The second-order valence-corrected chi connectivity index (χ2v) is 9.94. The van der Waals surface area contributed by atoms with Crippen molar-refractivity contribution >= 4 is 65.0 Å². The van der Waals surface area contributed by atoms with E-state index in [4.69, 9.17) is 10.8 Å². The maximum absolute atomic E-state index is 13.2. The fraction of sp³-hybridized carbons (Fsp3) is 0.458. The first kappa shape index (κ1) is 31.0. The third kappa shape index (κ3) is 9.26. The van der Waals surface area contributed by atoms with Gasteiger partial charge in [-0.25, -0.2) is 4.79 Å². The number of benzene rings is 1. The molecule has 0 aliphatic rings. The van der Waals surface area contributed by atoms with E-state index in [0.29, 0.717) is 17.7 Å². The van der Waals surface area contributed by atoms with E-state index in [9.17, 15) is 29.1 Å². The molecular weight excluding hydrogens is 534 g/mol. The Balaban J connectivity index is 2.29. The molecule has 0 aliphatic carbocycles. The molecule has 38 heavy (non-hydrogen) atoms. The van der Waals surface area contributed by atoms with Crippen molar-refractivity contribution in [2.75, 3.05) is 17.8 Å². The first-order chi connectivity index (χ1) is 18.1. The standard InChI is InChI=1S/C24H33N5O7S2/c1-38-9-8-15(25)21(32)27-17(6-7-20(30)31)22(33)28-18(23(34)29-19(12-37)24(35)36)10-13-11-26-16-5-3-2-4-14(13)16/h2-5,11,15,17-19,26,37H,6-10,12,25H2,1H3,(H,27,32)(H,28,33)(H,29,34)(H,30,31)(H,35,36). The summed E-state index contributed by atoms with van der Waals surface area (Å²) in [6.45, 7) is 0. The topological polar surface area (TPSA) is 204 Å². The van der Waals surface area contributed by atoms with Crippen molar-refractivity contribution in [3.63, 3.8) is 0 Å². The molecule has 8 N–H and O–H groups in total. The molecule has 0 aliphatic heterocycles. The molecule has 1 heterocycles. The predicted molar refractivity (Wildman–Crippen MR) is 147 cm³/mol. The first-order valence-corrected chi connectivity index (χ1v) is 13.9. The Labute approximate surface area is 229 Å². The highest BCUT2D eigenvalue weighted by Gasteiger charge is 2.31. The zero-order chi connectivity index (χ0) is 28.2. The van der Waals surface area contributed by atoms with Gasteiger partial charge in [-0.05, 0) is 36.5 Å². The molecule has 0 spiro atoms. The van der Waals surface area contributed by atoms with Gasteiger partial charge >= 0.3 is 11.9 Å². The zero-order valence-electron chi connectivity index (χ0n) is 20.8. The lowest BCUT2D eigenvalue weighted by molar-refractivity contribution is -0.141. The zero-order valence-corrected chi connectivity index (χ0v) is 22.5. The average molecular weight is 568 g/mol. The van der Waals surface area contributed by atoms with Crippen LogP contribution in [0.15, 0.2) is 30.5 Å². The quantitative estimate of drug-likeness (QED) is 0.130. The van der Waals surface area contributed by atoms with Crippen LogP contribution in [0.2, 0.25) is 0 Å². The van der Waals surface area contributed by atoms with Crippen LogP contribution < -0.4 is 21.7 Å². The Morgan fingerprint density at radius 3 is 2.24 bits per heavy atom. The van der Waals surface area contributed by atoms with Crippen LogP contribution in [-0.2, 0) is 30.4 Å². The number of thioether (sulfide) groups is 1. The number of rotatable bonds is 16. The number of carboxylic acid groups (broad SMARTS) is 2. The van der Waals surface area contributed by atoms with Crippen LogP contribution in [-0.4, -0.2) is 86.8 Å². The average Bonchev–Trinajstić information content (AvgIpc) is 3.29. The fourth-order valence-corrected chi connectivity index (χ4v) is 4.39. The van der Waals surface area contributed by atoms with E-state index in [0.717, 1.165) is 10.9 Å². The molecule has 1 aromatic carbocycles. The van der Waals surface area contributed by atoms with Crippen molar-refractivity contribution in [1.82, 2.24) is 20.9 Å². The summed E-state index contributed by atoms with van der Waals surface area (Å²) < 4.78 is 0. The van der Waals surface area contributed by atoms with E-state index in [2.05, 4.69) is 33.6 Å². The minimum absolute atomic E-state index is 0.00662. The number of carbonyl (C=O) groups excluding carboxylic acids is 3. The van der Waals surface area contributed by atoms with E-state index < -0.39 is 60.2 Å². The highest BCUT2D eigenvalue weighted by Crippen LogP contribution is 2.19. The molecule has 0 saturated carbocycles. The summed E-state index contributed by atoms with van der Waals surface area (Å²) in [6.07, 6.45) is 3.23. The molecule has 3 amide bonds. The Hall–Kier alpha value is -3.23. The number of para-hydroxylation sites is 1. The maximum atomic E-state index is 13.2. The smallest absolute Gasteiger partial charge is 0.327 e. The number of thiol groups is 1. The lowest BCUT2D eigenvalue weighted by Gasteiger charge is -2.25. The van der Waals surface area contributed by atoms with Gasteiger partial charge in [-0.1, -0.05) is 18.2 Å². The summed E-state index contributed by atoms with van der Waals surface area (Å²) in [7, 11) is 0. The summed E-state index contributed by atoms with van der Waals surface area (Å²) in [5.41, 5.74) is 7.38. The lowest BCUT2D eigenvalue weighted by atomic mass is 10.0. The van der Waals surface area contributed by atoms with Gasteiger partial charge in [0.1, 0.15) is 18.1 Å². The number of H-pyrrole nitrogens is 1. The minimum Gasteiger partial charge on any atom is -0.481 e. The Kier molecular flexibility index (Phi) is 12.4. The molecule has 12 nitrogen and oxygen atoms in total. The van der Waals surface area contributed by atoms with Gasteiger partial charge in [-0.15, -0.1) is 0 Å². The van der Waals surface area contributed by atoms with E-state index in [1.54, 1.807) is 6.20 Å². The van der Waals surface area contributed by atoms with Gasteiger partial charge in [0, 0.05) is 35.7 Å². The first-order valence-electron chi connectivity index (χ1n) is 11.8. The third-order valence-electron chi connectivity index (χ3n) is 5.78. The van der Waals surface area contributed by atoms with Crippen molar-refractivity contribution in [2.45, 2.75) is 49.9 Å². The number of amides is 3. The van der Waals surface area contributed by atoms with Crippen molar-refractivity contribution in [2.24, 2.45) is 5.73 Å². The SMILES string of the molecule is CSCCC(N)C(=O)NC(CCC(=O)O)C(=O)NC(Cc1c[nH]c2ccccc12)C(=O)NC(CS)C(=O)O.